The lowest BCUT2D eigenvalue weighted by Gasteiger charge is -2.35. The lowest BCUT2D eigenvalue weighted by atomic mass is 9.70. The molecule has 2 amide bonds. The van der Waals surface area contributed by atoms with Crippen LogP contribution in [0.15, 0.2) is 11.3 Å². The summed E-state index contributed by atoms with van der Waals surface area (Å²) in [4.78, 5) is 42.9. The average Bonchev–Trinajstić information content (AvgIpc) is 2.84. The van der Waals surface area contributed by atoms with Crippen LogP contribution in [0.5, 0.6) is 0 Å². The number of methoxy groups -OCH3 is 1. The van der Waals surface area contributed by atoms with E-state index in [1.54, 1.807) is 9.80 Å². The van der Waals surface area contributed by atoms with Crippen molar-refractivity contribution in [1.82, 2.24) is 9.80 Å². The number of hydrogen-bond acceptors (Lipinski definition) is 5. The summed E-state index contributed by atoms with van der Waals surface area (Å²) in [6.07, 6.45) is 5.33. The van der Waals surface area contributed by atoms with E-state index in [0.717, 1.165) is 37.8 Å². The number of carbonyl (C=O) groups excluding carboxylic acids is 3. The number of morpholine rings is 1. The molecule has 0 aromatic heterocycles. The van der Waals surface area contributed by atoms with Gasteiger partial charge in [-0.3, -0.25) is 14.4 Å². The Balaban J connectivity index is 1.73. The molecule has 0 unspecified atom stereocenters. The predicted molar refractivity (Wildman–Crippen MR) is 96.4 cm³/mol. The van der Waals surface area contributed by atoms with Gasteiger partial charge in [0.05, 0.1) is 26.2 Å². The fraction of sp³-hybridized carbons (Fsp3) is 0.750. The van der Waals surface area contributed by atoms with Gasteiger partial charge in [0.1, 0.15) is 5.41 Å². The molecular formula is C20H28N2O5. The zero-order valence-corrected chi connectivity index (χ0v) is 16.0. The highest BCUT2D eigenvalue weighted by atomic mass is 16.5. The Labute approximate surface area is 159 Å². The molecule has 1 aliphatic carbocycles. The van der Waals surface area contributed by atoms with Crippen molar-refractivity contribution < 1.29 is 23.9 Å². The molecule has 0 aromatic carbocycles. The van der Waals surface area contributed by atoms with E-state index in [0.29, 0.717) is 39.3 Å². The third-order valence-electron chi connectivity index (χ3n) is 6.64. The second-order valence-corrected chi connectivity index (χ2v) is 7.97. The minimum absolute atomic E-state index is 0.0637. The molecule has 4 aliphatic rings. The number of ether oxygens (including phenoxy) is 2. The molecule has 0 saturated carbocycles. The maximum atomic E-state index is 13.3. The number of nitrogens with zero attached hydrogens (tertiary/aromatic N) is 2. The van der Waals surface area contributed by atoms with Crippen molar-refractivity contribution in [2.45, 2.75) is 44.9 Å². The molecule has 2 fully saturated rings. The van der Waals surface area contributed by atoms with E-state index < -0.39 is 11.3 Å². The van der Waals surface area contributed by atoms with Gasteiger partial charge >= 0.3 is 5.97 Å². The van der Waals surface area contributed by atoms with Gasteiger partial charge in [0.25, 0.3) is 0 Å². The van der Waals surface area contributed by atoms with Crippen LogP contribution in [0, 0.1) is 11.3 Å². The molecule has 7 nitrogen and oxygen atoms in total. The van der Waals surface area contributed by atoms with Crippen LogP contribution in [-0.4, -0.2) is 67.5 Å². The summed E-state index contributed by atoms with van der Waals surface area (Å²) in [6, 6.07) is 0. The lowest BCUT2D eigenvalue weighted by molar-refractivity contribution is -0.156. The summed E-state index contributed by atoms with van der Waals surface area (Å²) in [5.41, 5.74) is 1.11. The summed E-state index contributed by atoms with van der Waals surface area (Å²) in [5.74, 6) is -1.14. The highest BCUT2D eigenvalue weighted by molar-refractivity contribution is 5.99. The molecule has 2 atom stereocenters. The topological polar surface area (TPSA) is 76.2 Å². The molecular weight excluding hydrogens is 348 g/mol. The zero-order valence-electron chi connectivity index (χ0n) is 16.0. The Kier molecular flexibility index (Phi) is 4.97. The largest absolute Gasteiger partial charge is 0.468 e. The molecule has 7 heteroatoms. The van der Waals surface area contributed by atoms with Crippen LogP contribution in [0.3, 0.4) is 0 Å². The second-order valence-electron chi connectivity index (χ2n) is 7.97. The smallest absolute Gasteiger partial charge is 0.318 e. The summed E-state index contributed by atoms with van der Waals surface area (Å²) in [5, 5.41) is 0. The van der Waals surface area contributed by atoms with Gasteiger partial charge < -0.3 is 19.3 Å². The van der Waals surface area contributed by atoms with Gasteiger partial charge in [0.2, 0.25) is 11.8 Å². The first-order valence-corrected chi connectivity index (χ1v) is 10.1. The fourth-order valence-electron chi connectivity index (χ4n) is 5.39. The SMILES string of the molecule is COC(=O)[C@@]12CCCCC3=C1N(CCC3)C(=O)[C@H]2CC(=O)N1CCOCC1. The van der Waals surface area contributed by atoms with Gasteiger partial charge in [-0.1, -0.05) is 6.42 Å². The molecule has 0 aromatic rings. The van der Waals surface area contributed by atoms with Gasteiger partial charge in [-0.05, 0) is 37.7 Å². The molecule has 2 saturated heterocycles. The van der Waals surface area contributed by atoms with Crippen LogP contribution >= 0.6 is 0 Å². The molecule has 3 aliphatic heterocycles. The Morgan fingerprint density at radius 2 is 1.89 bits per heavy atom. The summed E-state index contributed by atoms with van der Waals surface area (Å²) in [6.45, 7) is 2.77. The standard InChI is InChI=1S/C20H28N2O5/c1-26-19(25)20-7-3-2-5-14-6-4-8-22(17(14)20)18(24)15(20)13-16(23)21-9-11-27-12-10-21/h15H,2-13H2,1H3/t15-,20-/m1/s1. The number of rotatable bonds is 3. The molecule has 4 rings (SSSR count). The number of allylic oxidation sites excluding steroid dienone is 1. The molecule has 0 N–H and O–H groups in total. The Morgan fingerprint density at radius 1 is 1.15 bits per heavy atom. The quantitative estimate of drug-likeness (QED) is 0.698. The minimum atomic E-state index is -0.986. The van der Waals surface area contributed by atoms with Crippen molar-refractivity contribution in [3.63, 3.8) is 0 Å². The van der Waals surface area contributed by atoms with Crippen LogP contribution in [-0.2, 0) is 23.9 Å². The zero-order chi connectivity index (χ0) is 19.0. The first-order chi connectivity index (χ1) is 13.1. The highest BCUT2D eigenvalue weighted by Crippen LogP contribution is 2.56. The van der Waals surface area contributed by atoms with Crippen LogP contribution in [0.25, 0.3) is 0 Å². The van der Waals surface area contributed by atoms with Crippen molar-refractivity contribution in [2.75, 3.05) is 40.0 Å². The fourth-order valence-corrected chi connectivity index (χ4v) is 5.39. The molecule has 0 bridgehead atoms. The van der Waals surface area contributed by atoms with Crippen molar-refractivity contribution in [1.29, 1.82) is 0 Å². The highest BCUT2D eigenvalue weighted by Gasteiger charge is 2.63. The average molecular weight is 376 g/mol. The van der Waals surface area contributed by atoms with Crippen molar-refractivity contribution in [3.05, 3.63) is 11.3 Å². The molecule has 0 radical (unpaired) electrons. The van der Waals surface area contributed by atoms with E-state index in [-0.39, 0.29) is 24.2 Å². The number of amides is 2. The summed E-state index contributed by atoms with van der Waals surface area (Å²) < 4.78 is 10.5. The maximum absolute atomic E-state index is 13.3. The van der Waals surface area contributed by atoms with Crippen LogP contribution < -0.4 is 0 Å². The number of hydrogen-bond donors (Lipinski definition) is 0. The Hall–Kier alpha value is -1.89. The van der Waals surface area contributed by atoms with E-state index in [4.69, 9.17) is 9.47 Å². The number of carbonyl (C=O) groups is 3. The first kappa shape index (κ1) is 18.5. The summed E-state index contributed by atoms with van der Waals surface area (Å²) >= 11 is 0. The monoisotopic (exact) mass is 376 g/mol. The van der Waals surface area contributed by atoms with E-state index in [2.05, 4.69) is 0 Å². The van der Waals surface area contributed by atoms with E-state index in [1.807, 2.05) is 0 Å². The van der Waals surface area contributed by atoms with Gasteiger partial charge in [-0.25, -0.2) is 0 Å². The van der Waals surface area contributed by atoms with E-state index in [1.165, 1.54) is 12.7 Å². The Bertz CT molecular complexity index is 682. The van der Waals surface area contributed by atoms with E-state index in [9.17, 15) is 14.4 Å². The Morgan fingerprint density at radius 3 is 2.63 bits per heavy atom. The van der Waals surface area contributed by atoms with Gasteiger partial charge in [-0.15, -0.1) is 0 Å². The second kappa shape index (κ2) is 7.26. The van der Waals surface area contributed by atoms with Gasteiger partial charge in [0.15, 0.2) is 0 Å². The van der Waals surface area contributed by atoms with Crippen LogP contribution in [0.4, 0.5) is 0 Å². The minimum Gasteiger partial charge on any atom is -0.468 e. The third-order valence-corrected chi connectivity index (χ3v) is 6.64. The molecule has 27 heavy (non-hydrogen) atoms. The third kappa shape index (κ3) is 2.87. The van der Waals surface area contributed by atoms with Crippen molar-refractivity contribution in [3.8, 4) is 0 Å². The first-order valence-electron chi connectivity index (χ1n) is 10.1. The van der Waals surface area contributed by atoms with Crippen LogP contribution in [0.1, 0.15) is 44.9 Å². The molecule has 148 valence electrons. The summed E-state index contributed by atoms with van der Waals surface area (Å²) in [7, 11) is 1.39. The van der Waals surface area contributed by atoms with Gasteiger partial charge in [-0.2, -0.15) is 0 Å². The van der Waals surface area contributed by atoms with Crippen molar-refractivity contribution >= 4 is 17.8 Å². The van der Waals surface area contributed by atoms with Crippen molar-refractivity contribution in [2.24, 2.45) is 11.3 Å². The maximum Gasteiger partial charge on any atom is 0.318 e. The predicted octanol–water partition coefficient (Wildman–Crippen LogP) is 1.47. The normalized spacial score (nSPS) is 30.9. The van der Waals surface area contributed by atoms with Gasteiger partial charge in [0, 0.05) is 31.8 Å². The molecule has 3 heterocycles. The van der Waals surface area contributed by atoms with E-state index >= 15 is 0 Å². The van der Waals surface area contributed by atoms with Crippen LogP contribution in [0.2, 0.25) is 0 Å². The lowest BCUT2D eigenvalue weighted by Crippen LogP contribution is -2.45. The molecule has 0 spiro atoms. The number of esters is 1.